The van der Waals surface area contributed by atoms with E-state index in [4.69, 9.17) is 4.74 Å². The molecule has 0 aliphatic heterocycles. The van der Waals surface area contributed by atoms with Crippen molar-refractivity contribution in [3.63, 3.8) is 0 Å². The lowest BCUT2D eigenvalue weighted by Gasteiger charge is -2.21. The second-order valence-electron chi connectivity index (χ2n) is 4.91. The van der Waals surface area contributed by atoms with E-state index in [9.17, 15) is 4.79 Å². The van der Waals surface area contributed by atoms with Gasteiger partial charge < -0.3 is 4.74 Å². The van der Waals surface area contributed by atoms with Crippen molar-refractivity contribution < 1.29 is 9.53 Å². The number of hydrogen-bond acceptors (Lipinski definition) is 2. The summed E-state index contributed by atoms with van der Waals surface area (Å²) in [7, 11) is 0. The lowest BCUT2D eigenvalue weighted by atomic mass is 10.0. The summed E-state index contributed by atoms with van der Waals surface area (Å²) in [6.45, 7) is 3.68. The summed E-state index contributed by atoms with van der Waals surface area (Å²) in [5, 5.41) is 0. The molecule has 1 aliphatic rings. The van der Waals surface area contributed by atoms with Gasteiger partial charge in [-0.25, -0.2) is 0 Å². The van der Waals surface area contributed by atoms with Gasteiger partial charge in [0.25, 0.3) is 0 Å². The summed E-state index contributed by atoms with van der Waals surface area (Å²) in [5.41, 5.74) is -0.448. The molecule has 0 unspecified atom stereocenters. The van der Waals surface area contributed by atoms with Crippen molar-refractivity contribution in [1.82, 2.24) is 0 Å². The van der Waals surface area contributed by atoms with Crippen molar-refractivity contribution in [2.45, 2.75) is 77.2 Å². The van der Waals surface area contributed by atoms with Gasteiger partial charge in [0, 0.05) is 13.3 Å². The quantitative estimate of drug-likeness (QED) is 0.412. The average molecular weight is 236 g/mol. The molecule has 2 nitrogen and oxygen atoms in total. The highest BCUT2D eigenvalue weighted by Gasteiger charge is 2.34. The fraction of sp³-hybridized carbons (Fsp3) is 0.800. The number of esters is 1. The zero-order chi connectivity index (χ0) is 12.6. The van der Waals surface area contributed by atoms with Crippen molar-refractivity contribution in [3.8, 4) is 11.8 Å². The van der Waals surface area contributed by atoms with Crippen LogP contribution >= 0.6 is 0 Å². The summed E-state index contributed by atoms with van der Waals surface area (Å²) in [4.78, 5) is 11.1. The summed E-state index contributed by atoms with van der Waals surface area (Å²) >= 11 is 0. The fourth-order valence-corrected chi connectivity index (χ4v) is 2.34. The number of rotatable bonds is 5. The van der Waals surface area contributed by atoms with E-state index in [1.54, 1.807) is 0 Å². The molecule has 0 bridgehead atoms. The largest absolute Gasteiger partial charge is 0.446 e. The van der Waals surface area contributed by atoms with Gasteiger partial charge >= 0.3 is 5.97 Å². The summed E-state index contributed by atoms with van der Waals surface area (Å²) < 4.78 is 5.41. The Balaban J connectivity index is 2.38. The molecule has 0 atom stereocenters. The van der Waals surface area contributed by atoms with Gasteiger partial charge in [0.15, 0.2) is 5.60 Å². The van der Waals surface area contributed by atoms with Gasteiger partial charge in [0.2, 0.25) is 0 Å². The molecular weight excluding hydrogens is 212 g/mol. The smallest absolute Gasteiger partial charge is 0.304 e. The summed E-state index contributed by atoms with van der Waals surface area (Å²) in [6.07, 6.45) is 9.96. The van der Waals surface area contributed by atoms with Crippen LogP contribution in [-0.2, 0) is 9.53 Å². The average Bonchev–Trinajstić information content (AvgIpc) is 2.71. The van der Waals surface area contributed by atoms with Crippen molar-refractivity contribution in [2.75, 3.05) is 0 Å². The van der Waals surface area contributed by atoms with Gasteiger partial charge in [-0.3, -0.25) is 4.79 Å². The topological polar surface area (TPSA) is 26.3 Å². The highest BCUT2D eigenvalue weighted by Crippen LogP contribution is 2.32. The molecule has 0 saturated heterocycles. The molecule has 17 heavy (non-hydrogen) atoms. The van der Waals surface area contributed by atoms with Gasteiger partial charge in [-0.2, -0.15) is 0 Å². The van der Waals surface area contributed by atoms with Crippen LogP contribution in [0.15, 0.2) is 0 Å². The van der Waals surface area contributed by atoms with Crippen molar-refractivity contribution in [2.24, 2.45) is 0 Å². The van der Waals surface area contributed by atoms with Crippen LogP contribution < -0.4 is 0 Å². The summed E-state index contributed by atoms with van der Waals surface area (Å²) in [5.74, 6) is 6.21. The Morgan fingerprint density at radius 2 is 1.94 bits per heavy atom. The van der Waals surface area contributed by atoms with E-state index < -0.39 is 5.60 Å². The van der Waals surface area contributed by atoms with Gasteiger partial charge in [-0.1, -0.05) is 38.0 Å². The number of carbonyl (C=O) groups excluding carboxylic acids is 1. The van der Waals surface area contributed by atoms with Gasteiger partial charge in [-0.05, 0) is 32.1 Å². The first-order valence-corrected chi connectivity index (χ1v) is 6.88. The Bertz CT molecular complexity index is 290. The third kappa shape index (κ3) is 5.26. The third-order valence-electron chi connectivity index (χ3n) is 3.22. The van der Waals surface area contributed by atoms with Crippen molar-refractivity contribution >= 4 is 5.97 Å². The Morgan fingerprint density at radius 3 is 2.53 bits per heavy atom. The molecule has 0 radical (unpaired) electrons. The predicted molar refractivity (Wildman–Crippen MR) is 69.5 cm³/mol. The zero-order valence-corrected chi connectivity index (χ0v) is 11.2. The number of carbonyl (C=O) groups is 1. The lowest BCUT2D eigenvalue weighted by molar-refractivity contribution is -0.151. The zero-order valence-electron chi connectivity index (χ0n) is 11.2. The molecule has 2 heteroatoms. The van der Waals surface area contributed by atoms with Gasteiger partial charge in [0.1, 0.15) is 0 Å². The Labute approximate surface area is 105 Å². The van der Waals surface area contributed by atoms with Gasteiger partial charge in [0.05, 0.1) is 0 Å². The first-order chi connectivity index (χ1) is 8.18. The Morgan fingerprint density at radius 1 is 1.24 bits per heavy atom. The number of hydrogen-bond donors (Lipinski definition) is 0. The molecule has 96 valence electrons. The van der Waals surface area contributed by atoms with E-state index in [1.807, 2.05) is 0 Å². The molecule has 1 saturated carbocycles. The monoisotopic (exact) mass is 236 g/mol. The molecule has 0 aromatic heterocycles. The minimum Gasteiger partial charge on any atom is -0.446 e. The van der Waals surface area contributed by atoms with Crippen LogP contribution in [0.3, 0.4) is 0 Å². The molecule has 1 fully saturated rings. The van der Waals surface area contributed by atoms with E-state index >= 15 is 0 Å². The second-order valence-corrected chi connectivity index (χ2v) is 4.91. The minimum atomic E-state index is -0.448. The first kappa shape index (κ1) is 14.1. The first-order valence-electron chi connectivity index (χ1n) is 6.88. The van der Waals surface area contributed by atoms with Crippen LogP contribution in [0, 0.1) is 11.8 Å². The number of ether oxygens (including phenoxy) is 1. The molecular formula is C15H24O2. The third-order valence-corrected chi connectivity index (χ3v) is 3.22. The number of unbranched alkanes of at least 4 members (excludes halogenated alkanes) is 4. The van der Waals surface area contributed by atoms with E-state index in [1.165, 1.54) is 26.2 Å². The molecule has 0 aromatic rings. The van der Waals surface area contributed by atoms with Crippen LogP contribution in [-0.4, -0.2) is 11.6 Å². The van der Waals surface area contributed by atoms with Crippen molar-refractivity contribution in [3.05, 3.63) is 0 Å². The maximum absolute atomic E-state index is 11.1. The van der Waals surface area contributed by atoms with Crippen LogP contribution in [0.2, 0.25) is 0 Å². The van der Waals surface area contributed by atoms with Crippen LogP contribution in [0.25, 0.3) is 0 Å². The van der Waals surface area contributed by atoms with Crippen molar-refractivity contribution in [1.29, 1.82) is 0 Å². The minimum absolute atomic E-state index is 0.202. The Hall–Kier alpha value is -0.970. The maximum Gasteiger partial charge on any atom is 0.304 e. The van der Waals surface area contributed by atoms with Crippen LogP contribution in [0.1, 0.15) is 71.6 Å². The molecule has 0 heterocycles. The molecule has 1 aliphatic carbocycles. The summed E-state index contributed by atoms with van der Waals surface area (Å²) in [6, 6.07) is 0. The van der Waals surface area contributed by atoms with E-state index in [0.717, 1.165) is 38.5 Å². The van der Waals surface area contributed by atoms with E-state index in [0.29, 0.717) is 0 Å². The Kier molecular flexibility index (Phi) is 6.11. The highest BCUT2D eigenvalue weighted by molar-refractivity contribution is 5.67. The fourth-order valence-electron chi connectivity index (χ4n) is 2.34. The SMILES string of the molecule is CCCCCCC#CC1(OC(C)=O)CCCC1. The van der Waals surface area contributed by atoms with Gasteiger partial charge in [-0.15, -0.1) is 0 Å². The molecule has 1 rings (SSSR count). The predicted octanol–water partition coefficient (Wildman–Crippen LogP) is 3.84. The normalized spacial score (nSPS) is 17.3. The molecule has 0 amide bonds. The van der Waals surface area contributed by atoms with E-state index in [-0.39, 0.29) is 5.97 Å². The molecule has 0 aromatic carbocycles. The molecule has 0 N–H and O–H groups in total. The molecule has 0 spiro atoms. The van der Waals surface area contributed by atoms with E-state index in [2.05, 4.69) is 18.8 Å². The second kappa shape index (κ2) is 7.37. The van der Waals surface area contributed by atoms with Crippen LogP contribution in [0.4, 0.5) is 0 Å². The standard InChI is InChI=1S/C15H24O2/c1-3-4-5-6-7-8-11-15(17-14(2)16)12-9-10-13-15/h3-7,9-10,12-13H2,1-2H3. The highest BCUT2D eigenvalue weighted by atomic mass is 16.6. The van der Waals surface area contributed by atoms with Crippen LogP contribution in [0.5, 0.6) is 0 Å². The lowest BCUT2D eigenvalue weighted by Crippen LogP contribution is -2.29. The maximum atomic E-state index is 11.1.